The lowest BCUT2D eigenvalue weighted by molar-refractivity contribution is 0.102. The van der Waals surface area contributed by atoms with Crippen molar-refractivity contribution in [2.24, 2.45) is 11.3 Å². The summed E-state index contributed by atoms with van der Waals surface area (Å²) >= 11 is 1.50. The second kappa shape index (κ2) is 7.86. The maximum atomic E-state index is 13.2. The average molecular weight is 456 g/mol. The summed E-state index contributed by atoms with van der Waals surface area (Å²) in [6, 6.07) is 15.7. The molecule has 0 saturated heterocycles. The Morgan fingerprint density at radius 1 is 1.21 bits per heavy atom. The minimum absolute atomic E-state index is 0.154. The van der Waals surface area contributed by atoms with E-state index in [1.165, 1.54) is 16.2 Å². The molecule has 1 unspecified atom stereocenters. The lowest BCUT2D eigenvalue weighted by Crippen LogP contribution is -2.26. The molecule has 5 nitrogen and oxygen atoms in total. The van der Waals surface area contributed by atoms with E-state index in [1.807, 2.05) is 36.4 Å². The number of nitriles is 1. The van der Waals surface area contributed by atoms with Crippen molar-refractivity contribution >= 4 is 44.0 Å². The molecule has 2 aromatic carbocycles. The van der Waals surface area contributed by atoms with Crippen LogP contribution in [0.25, 0.3) is 21.7 Å². The van der Waals surface area contributed by atoms with Gasteiger partial charge in [0.15, 0.2) is 0 Å². The molecular weight excluding hydrogens is 430 g/mol. The Hall–Kier alpha value is -3.43. The molecule has 0 bridgehead atoms. The third-order valence-corrected chi connectivity index (χ3v) is 7.92. The lowest BCUT2D eigenvalue weighted by atomic mass is 9.72. The van der Waals surface area contributed by atoms with Gasteiger partial charge in [-0.25, -0.2) is 0 Å². The fourth-order valence-electron chi connectivity index (χ4n) is 4.76. The van der Waals surface area contributed by atoms with Gasteiger partial charge in [0.25, 0.3) is 5.91 Å². The fraction of sp³-hybridized carbons (Fsp3) is 0.296. The minimum Gasteiger partial charge on any atom is -0.438 e. The number of nitrogens with zero attached hydrogens (tertiary/aromatic N) is 1. The first kappa shape index (κ1) is 21.4. The molecule has 0 fully saturated rings. The van der Waals surface area contributed by atoms with Crippen LogP contribution in [-0.4, -0.2) is 5.91 Å². The second-order valence-corrected chi connectivity index (χ2v) is 10.9. The van der Waals surface area contributed by atoms with Crippen molar-refractivity contribution in [1.82, 2.24) is 0 Å². The van der Waals surface area contributed by atoms with Gasteiger partial charge in [0.05, 0.1) is 5.56 Å². The topological polar surface area (TPSA) is 89.9 Å². The molecule has 0 radical (unpaired) electrons. The van der Waals surface area contributed by atoms with E-state index in [-0.39, 0.29) is 16.5 Å². The van der Waals surface area contributed by atoms with Crippen molar-refractivity contribution in [2.75, 3.05) is 5.32 Å². The predicted octanol–water partition coefficient (Wildman–Crippen LogP) is 6.40. The summed E-state index contributed by atoms with van der Waals surface area (Å²) in [5.74, 6) is 0.118. The molecule has 166 valence electrons. The number of carbonyl (C=O) groups excluding carboxylic acids is 1. The normalized spacial score (nSPS) is 15.9. The van der Waals surface area contributed by atoms with Crippen LogP contribution in [0.3, 0.4) is 0 Å². The third-order valence-electron chi connectivity index (χ3n) is 6.75. The van der Waals surface area contributed by atoms with Crippen LogP contribution in [-0.2, 0) is 12.8 Å². The van der Waals surface area contributed by atoms with E-state index in [1.54, 1.807) is 6.07 Å². The molecule has 1 aliphatic rings. The van der Waals surface area contributed by atoms with E-state index >= 15 is 0 Å². The molecule has 0 saturated carbocycles. The fourth-order valence-corrected chi connectivity index (χ4v) is 6.03. The number of rotatable bonds is 2. The van der Waals surface area contributed by atoms with Crippen molar-refractivity contribution in [3.8, 4) is 6.07 Å². The van der Waals surface area contributed by atoms with Crippen LogP contribution in [0, 0.1) is 28.1 Å². The second-order valence-electron chi connectivity index (χ2n) is 9.77. The third kappa shape index (κ3) is 3.73. The molecule has 2 heterocycles. The SMILES string of the molecule is CC(C)(C)C1CCc2c(sc(NC(=O)c3cc4c(ccc5ccccc54)oc3=N)c2C#N)C1. The maximum absolute atomic E-state index is 13.2. The molecule has 0 spiro atoms. The number of nitrogens with one attached hydrogen (secondary N) is 2. The zero-order valence-electron chi connectivity index (χ0n) is 18.9. The van der Waals surface area contributed by atoms with Gasteiger partial charge < -0.3 is 9.73 Å². The van der Waals surface area contributed by atoms with Crippen LogP contribution in [0.2, 0.25) is 0 Å². The number of hydrogen-bond donors (Lipinski definition) is 2. The summed E-state index contributed by atoms with van der Waals surface area (Å²) in [5.41, 5.74) is 2.36. The van der Waals surface area contributed by atoms with Gasteiger partial charge in [-0.15, -0.1) is 11.3 Å². The smallest absolute Gasteiger partial charge is 0.261 e. The van der Waals surface area contributed by atoms with E-state index in [2.05, 4.69) is 32.2 Å². The summed E-state index contributed by atoms with van der Waals surface area (Å²) in [4.78, 5) is 14.4. The van der Waals surface area contributed by atoms with Crippen molar-refractivity contribution in [3.63, 3.8) is 0 Å². The minimum atomic E-state index is -0.430. The standard InChI is InChI=1S/C27H25N3O2S/c1-27(2,3)16-9-10-18-21(14-28)26(33-23(18)12-16)30-25(31)20-13-19-17-7-5-4-6-15(17)8-11-22(19)32-24(20)29/h4-8,11,13,16,29H,9-10,12H2,1-3H3,(H,30,31). The van der Waals surface area contributed by atoms with E-state index < -0.39 is 5.91 Å². The molecule has 2 N–H and O–H groups in total. The number of amides is 1. The summed E-state index contributed by atoms with van der Waals surface area (Å²) in [6.45, 7) is 6.77. The predicted molar refractivity (Wildman–Crippen MR) is 132 cm³/mol. The van der Waals surface area contributed by atoms with Crippen molar-refractivity contribution in [1.29, 1.82) is 10.7 Å². The van der Waals surface area contributed by atoms with Gasteiger partial charge >= 0.3 is 0 Å². The van der Waals surface area contributed by atoms with E-state index in [4.69, 9.17) is 9.83 Å². The Balaban J connectivity index is 1.52. The monoisotopic (exact) mass is 455 g/mol. The Labute approximate surface area is 196 Å². The van der Waals surface area contributed by atoms with Gasteiger partial charge in [-0.2, -0.15) is 5.26 Å². The summed E-state index contributed by atoms with van der Waals surface area (Å²) in [7, 11) is 0. The average Bonchev–Trinajstić information content (AvgIpc) is 3.13. The lowest BCUT2D eigenvalue weighted by Gasteiger charge is -2.33. The molecule has 5 rings (SSSR count). The maximum Gasteiger partial charge on any atom is 0.261 e. The largest absolute Gasteiger partial charge is 0.438 e. The van der Waals surface area contributed by atoms with Gasteiger partial charge in [-0.1, -0.05) is 51.1 Å². The van der Waals surface area contributed by atoms with Gasteiger partial charge in [0.1, 0.15) is 22.2 Å². The summed E-state index contributed by atoms with van der Waals surface area (Å²) in [5, 5.41) is 24.4. The number of benzene rings is 2. The highest BCUT2D eigenvalue weighted by Gasteiger charge is 2.32. The number of fused-ring (bicyclic) bond motifs is 4. The van der Waals surface area contributed by atoms with E-state index in [0.29, 0.717) is 22.1 Å². The number of anilines is 1. The first-order valence-electron chi connectivity index (χ1n) is 11.1. The first-order valence-corrected chi connectivity index (χ1v) is 11.9. The van der Waals surface area contributed by atoms with Gasteiger partial charge in [-0.05, 0) is 59.1 Å². The molecular formula is C27H25N3O2S. The molecule has 6 heteroatoms. The van der Waals surface area contributed by atoms with Gasteiger partial charge in [0, 0.05) is 10.3 Å². The quantitative estimate of drug-likeness (QED) is 0.343. The Morgan fingerprint density at radius 3 is 2.76 bits per heavy atom. The van der Waals surface area contributed by atoms with Crippen LogP contribution in [0.15, 0.2) is 46.9 Å². The molecule has 1 amide bonds. The first-order chi connectivity index (χ1) is 15.8. The van der Waals surface area contributed by atoms with Crippen molar-refractivity contribution in [2.45, 2.75) is 40.0 Å². The van der Waals surface area contributed by atoms with Gasteiger partial charge in [0.2, 0.25) is 5.55 Å². The molecule has 4 aromatic rings. The van der Waals surface area contributed by atoms with E-state index in [9.17, 15) is 10.1 Å². The number of carbonyl (C=O) groups is 1. The van der Waals surface area contributed by atoms with Crippen molar-refractivity contribution < 1.29 is 9.21 Å². The highest BCUT2D eigenvalue weighted by Crippen LogP contribution is 2.44. The molecule has 0 aliphatic heterocycles. The van der Waals surface area contributed by atoms with Crippen molar-refractivity contribution in [3.05, 3.63) is 69.6 Å². The molecule has 1 aliphatic carbocycles. The number of thiophene rings is 1. The Morgan fingerprint density at radius 2 is 2.00 bits per heavy atom. The number of hydrogen-bond acceptors (Lipinski definition) is 5. The summed E-state index contributed by atoms with van der Waals surface area (Å²) in [6.07, 6.45) is 2.82. The van der Waals surface area contributed by atoms with E-state index in [0.717, 1.165) is 41.0 Å². The van der Waals surface area contributed by atoms with Crippen LogP contribution in [0.5, 0.6) is 0 Å². The van der Waals surface area contributed by atoms with Crippen LogP contribution in [0.1, 0.15) is 53.6 Å². The zero-order valence-corrected chi connectivity index (χ0v) is 19.7. The van der Waals surface area contributed by atoms with Crippen LogP contribution >= 0.6 is 11.3 Å². The van der Waals surface area contributed by atoms with Crippen LogP contribution < -0.4 is 10.9 Å². The molecule has 2 aromatic heterocycles. The highest BCUT2D eigenvalue weighted by molar-refractivity contribution is 7.16. The summed E-state index contributed by atoms with van der Waals surface area (Å²) < 4.78 is 5.69. The zero-order chi connectivity index (χ0) is 23.3. The Kier molecular flexibility index (Phi) is 5.10. The molecule has 33 heavy (non-hydrogen) atoms. The highest BCUT2D eigenvalue weighted by atomic mass is 32.1. The molecule has 1 atom stereocenters. The van der Waals surface area contributed by atoms with Crippen LogP contribution in [0.4, 0.5) is 5.00 Å². The Bertz CT molecular complexity index is 1510. The van der Waals surface area contributed by atoms with Gasteiger partial charge in [-0.3, -0.25) is 10.2 Å².